The summed E-state index contributed by atoms with van der Waals surface area (Å²) in [6.07, 6.45) is 2.28. The molecule has 0 spiro atoms. The molecule has 3 aromatic rings. The van der Waals surface area contributed by atoms with Gasteiger partial charge in [-0.15, -0.1) is 22.7 Å². The second kappa shape index (κ2) is 4.72. The predicted octanol–water partition coefficient (Wildman–Crippen LogP) is 5.42. The third-order valence-corrected chi connectivity index (χ3v) is 5.96. The number of aromatic nitrogens is 1. The predicted molar refractivity (Wildman–Crippen MR) is 88.4 cm³/mol. The summed E-state index contributed by atoms with van der Waals surface area (Å²) in [4.78, 5) is 5.93. The van der Waals surface area contributed by atoms with Gasteiger partial charge in [-0.2, -0.15) is 0 Å². The Balaban J connectivity index is 1.64. The molecule has 102 valence electrons. The molecule has 0 saturated carbocycles. The van der Waals surface area contributed by atoms with Gasteiger partial charge >= 0.3 is 0 Å². The van der Waals surface area contributed by atoms with Crippen molar-refractivity contribution in [3.8, 4) is 0 Å². The molecule has 1 unspecified atom stereocenters. The number of aryl methyl sites for hydroxylation is 2. The standard InChI is InChI=1S/C15H13ClN2S2/c1-8-17-12-3-2-9(6-14(12)19-8)18-11-4-5-13-10(11)7-15(16)20-13/h2-3,6-7,11,18H,4-5H2,1H3. The molecule has 1 aliphatic carbocycles. The van der Waals surface area contributed by atoms with E-state index in [4.69, 9.17) is 11.6 Å². The SMILES string of the molecule is Cc1nc2ccc(NC3CCc4sc(Cl)cc43)cc2s1. The minimum Gasteiger partial charge on any atom is -0.378 e. The van der Waals surface area contributed by atoms with E-state index in [9.17, 15) is 0 Å². The maximum atomic E-state index is 6.11. The van der Waals surface area contributed by atoms with Gasteiger partial charge in [0.15, 0.2) is 0 Å². The van der Waals surface area contributed by atoms with Crippen molar-refractivity contribution < 1.29 is 0 Å². The summed E-state index contributed by atoms with van der Waals surface area (Å²) in [6.45, 7) is 2.05. The lowest BCUT2D eigenvalue weighted by atomic mass is 10.1. The fourth-order valence-corrected chi connectivity index (χ4v) is 5.03. The summed E-state index contributed by atoms with van der Waals surface area (Å²) in [7, 11) is 0. The highest BCUT2D eigenvalue weighted by molar-refractivity contribution is 7.18. The second-order valence-corrected chi connectivity index (χ2v) is 8.08. The maximum absolute atomic E-state index is 6.11. The highest BCUT2D eigenvalue weighted by atomic mass is 35.5. The van der Waals surface area contributed by atoms with Crippen LogP contribution in [0.4, 0.5) is 5.69 Å². The third-order valence-electron chi connectivity index (χ3n) is 3.68. The van der Waals surface area contributed by atoms with E-state index in [0.29, 0.717) is 6.04 Å². The van der Waals surface area contributed by atoms with Gasteiger partial charge in [0.1, 0.15) is 0 Å². The number of fused-ring (bicyclic) bond motifs is 2. The monoisotopic (exact) mass is 320 g/mol. The van der Waals surface area contributed by atoms with Crippen LogP contribution < -0.4 is 5.32 Å². The van der Waals surface area contributed by atoms with Crippen LogP contribution in [0, 0.1) is 6.92 Å². The zero-order valence-corrected chi connectivity index (χ0v) is 13.3. The number of rotatable bonds is 2. The second-order valence-electron chi connectivity index (χ2n) is 5.08. The van der Waals surface area contributed by atoms with Gasteiger partial charge in [-0.25, -0.2) is 4.98 Å². The van der Waals surface area contributed by atoms with Gasteiger partial charge in [0.2, 0.25) is 0 Å². The lowest BCUT2D eigenvalue weighted by Gasteiger charge is -2.14. The summed E-state index contributed by atoms with van der Waals surface area (Å²) in [5.74, 6) is 0. The fraction of sp³-hybridized carbons (Fsp3) is 0.267. The van der Waals surface area contributed by atoms with E-state index in [1.54, 1.807) is 22.7 Å². The van der Waals surface area contributed by atoms with Gasteiger partial charge in [-0.1, -0.05) is 11.6 Å². The quantitative estimate of drug-likeness (QED) is 0.682. The number of thiophene rings is 1. The van der Waals surface area contributed by atoms with Crippen molar-refractivity contribution in [1.29, 1.82) is 0 Å². The van der Waals surface area contributed by atoms with Crippen LogP contribution in [0.25, 0.3) is 10.2 Å². The fourth-order valence-electron chi connectivity index (χ4n) is 2.81. The molecule has 0 saturated heterocycles. The van der Waals surface area contributed by atoms with Gasteiger partial charge in [0.25, 0.3) is 0 Å². The number of nitrogens with zero attached hydrogens (tertiary/aromatic N) is 1. The minimum absolute atomic E-state index is 0.389. The molecule has 0 aliphatic heterocycles. The van der Waals surface area contributed by atoms with Crippen LogP contribution in [0.2, 0.25) is 4.34 Å². The Bertz CT molecular complexity index is 790. The molecule has 1 aromatic carbocycles. The first-order valence-electron chi connectivity index (χ1n) is 6.61. The van der Waals surface area contributed by atoms with E-state index < -0.39 is 0 Å². The number of anilines is 1. The van der Waals surface area contributed by atoms with Gasteiger partial charge in [0.05, 0.1) is 25.6 Å². The molecule has 1 N–H and O–H groups in total. The van der Waals surface area contributed by atoms with E-state index in [1.807, 2.05) is 6.92 Å². The molecule has 4 rings (SSSR count). The largest absolute Gasteiger partial charge is 0.378 e. The zero-order valence-electron chi connectivity index (χ0n) is 10.9. The van der Waals surface area contributed by atoms with Gasteiger partial charge in [0, 0.05) is 10.6 Å². The van der Waals surface area contributed by atoms with Crippen molar-refractivity contribution in [3.05, 3.63) is 44.1 Å². The van der Waals surface area contributed by atoms with Crippen LogP contribution in [0.1, 0.15) is 27.9 Å². The lowest BCUT2D eigenvalue weighted by molar-refractivity contribution is 0.762. The van der Waals surface area contributed by atoms with Crippen molar-refractivity contribution >= 4 is 50.2 Å². The molecule has 0 amide bonds. The molecule has 1 aliphatic rings. The van der Waals surface area contributed by atoms with E-state index in [-0.39, 0.29) is 0 Å². The Kier molecular flexibility index (Phi) is 2.98. The molecular formula is C15H13ClN2S2. The highest BCUT2D eigenvalue weighted by Gasteiger charge is 2.24. The number of hydrogen-bond donors (Lipinski definition) is 1. The van der Waals surface area contributed by atoms with E-state index in [0.717, 1.165) is 27.7 Å². The Morgan fingerprint density at radius 3 is 3.10 bits per heavy atom. The molecule has 20 heavy (non-hydrogen) atoms. The Labute approximate surface area is 130 Å². The molecule has 2 heterocycles. The molecule has 5 heteroatoms. The van der Waals surface area contributed by atoms with Gasteiger partial charge in [-0.3, -0.25) is 0 Å². The molecule has 0 fully saturated rings. The molecule has 1 atom stereocenters. The first-order valence-corrected chi connectivity index (χ1v) is 8.62. The van der Waals surface area contributed by atoms with E-state index >= 15 is 0 Å². The van der Waals surface area contributed by atoms with Crippen LogP contribution in [0.5, 0.6) is 0 Å². The summed E-state index contributed by atoms with van der Waals surface area (Å²) in [5, 5.41) is 4.75. The molecule has 0 bridgehead atoms. The Hall–Kier alpha value is -1.10. The summed E-state index contributed by atoms with van der Waals surface area (Å²) in [6, 6.07) is 8.92. The number of benzene rings is 1. The maximum Gasteiger partial charge on any atom is 0.0934 e. The van der Waals surface area contributed by atoms with Crippen LogP contribution in [0.15, 0.2) is 24.3 Å². The normalized spacial score (nSPS) is 17.6. The smallest absolute Gasteiger partial charge is 0.0934 e. The number of nitrogens with one attached hydrogen (secondary N) is 1. The zero-order chi connectivity index (χ0) is 13.7. The molecule has 2 nitrogen and oxygen atoms in total. The van der Waals surface area contributed by atoms with E-state index in [1.165, 1.54) is 20.8 Å². The Morgan fingerprint density at radius 1 is 1.30 bits per heavy atom. The van der Waals surface area contributed by atoms with E-state index in [2.05, 4.69) is 34.6 Å². The van der Waals surface area contributed by atoms with Crippen LogP contribution >= 0.6 is 34.3 Å². The van der Waals surface area contributed by atoms with Crippen molar-refractivity contribution in [1.82, 2.24) is 4.98 Å². The molecule has 0 radical (unpaired) electrons. The van der Waals surface area contributed by atoms with Crippen molar-refractivity contribution in [3.63, 3.8) is 0 Å². The van der Waals surface area contributed by atoms with Crippen molar-refractivity contribution in [2.75, 3.05) is 5.32 Å². The van der Waals surface area contributed by atoms with Gasteiger partial charge in [-0.05, 0) is 49.6 Å². The lowest BCUT2D eigenvalue weighted by Crippen LogP contribution is -2.06. The summed E-state index contributed by atoms with van der Waals surface area (Å²) in [5.41, 5.74) is 3.63. The minimum atomic E-state index is 0.389. The van der Waals surface area contributed by atoms with Crippen molar-refractivity contribution in [2.24, 2.45) is 0 Å². The number of hydrogen-bond acceptors (Lipinski definition) is 4. The van der Waals surface area contributed by atoms with Crippen LogP contribution in [-0.4, -0.2) is 4.98 Å². The summed E-state index contributed by atoms with van der Waals surface area (Å²) < 4.78 is 2.14. The summed E-state index contributed by atoms with van der Waals surface area (Å²) >= 11 is 9.57. The third kappa shape index (κ3) is 2.12. The number of thiazole rings is 1. The first kappa shape index (κ1) is 12.6. The van der Waals surface area contributed by atoms with Crippen molar-refractivity contribution in [2.45, 2.75) is 25.8 Å². The Morgan fingerprint density at radius 2 is 2.20 bits per heavy atom. The topological polar surface area (TPSA) is 24.9 Å². The van der Waals surface area contributed by atoms with Gasteiger partial charge < -0.3 is 5.32 Å². The average molecular weight is 321 g/mol. The highest BCUT2D eigenvalue weighted by Crippen LogP contribution is 2.41. The van der Waals surface area contributed by atoms with Crippen LogP contribution in [-0.2, 0) is 6.42 Å². The first-order chi connectivity index (χ1) is 9.69. The molecular weight excluding hydrogens is 308 g/mol. The number of halogens is 1. The molecule has 2 aromatic heterocycles. The van der Waals surface area contributed by atoms with Crippen LogP contribution in [0.3, 0.4) is 0 Å². The average Bonchev–Trinajstić information content (AvgIpc) is 3.04.